The Bertz CT molecular complexity index is 1010. The minimum atomic E-state index is -1.24. The second-order valence-corrected chi connectivity index (χ2v) is 7.66. The number of aryl methyl sites for hydroxylation is 2. The summed E-state index contributed by atoms with van der Waals surface area (Å²) in [4.78, 5) is 15.3. The molecule has 4 rings (SSSR count). The summed E-state index contributed by atoms with van der Waals surface area (Å²) in [7, 11) is 0. The van der Waals surface area contributed by atoms with Crippen LogP contribution in [-0.4, -0.2) is 5.91 Å². The van der Waals surface area contributed by atoms with Crippen LogP contribution < -0.4 is 10.6 Å². The molecular formula is C23H21ClN2O. The highest BCUT2D eigenvalue weighted by Gasteiger charge is 2.49. The van der Waals surface area contributed by atoms with E-state index >= 15 is 0 Å². The van der Waals surface area contributed by atoms with Crippen LogP contribution in [0.5, 0.6) is 0 Å². The average Bonchev–Trinajstić information content (AvgIpc) is 2.84. The number of nitrogens with zero attached hydrogens (tertiary/aromatic N) is 1. The summed E-state index contributed by atoms with van der Waals surface area (Å²) < 4.78 is 0. The zero-order chi connectivity index (χ0) is 19.2. The summed E-state index contributed by atoms with van der Waals surface area (Å²) in [5.74, 6) is -0.131. The first kappa shape index (κ1) is 17.8. The fraction of sp³-hybridized carbons (Fsp3) is 0.174. The van der Waals surface area contributed by atoms with Crippen molar-refractivity contribution < 1.29 is 4.79 Å². The highest BCUT2D eigenvalue weighted by atomic mass is 35.5. The van der Waals surface area contributed by atoms with E-state index in [4.69, 9.17) is 17.3 Å². The number of benzene rings is 3. The van der Waals surface area contributed by atoms with Crippen molar-refractivity contribution >= 4 is 23.2 Å². The highest BCUT2D eigenvalue weighted by Crippen LogP contribution is 2.44. The van der Waals surface area contributed by atoms with Crippen LogP contribution in [0.1, 0.15) is 27.8 Å². The van der Waals surface area contributed by atoms with E-state index in [1.807, 2.05) is 68.4 Å². The molecule has 0 saturated heterocycles. The van der Waals surface area contributed by atoms with Crippen LogP contribution in [0.4, 0.5) is 5.69 Å². The van der Waals surface area contributed by atoms with Crippen LogP contribution in [0.25, 0.3) is 0 Å². The van der Waals surface area contributed by atoms with Crippen molar-refractivity contribution in [2.24, 2.45) is 5.73 Å². The number of carbonyl (C=O) groups excluding carboxylic acids is 1. The third kappa shape index (κ3) is 2.93. The molecule has 136 valence electrons. The van der Waals surface area contributed by atoms with E-state index in [9.17, 15) is 4.79 Å². The monoisotopic (exact) mass is 376 g/mol. The van der Waals surface area contributed by atoms with E-state index < -0.39 is 5.54 Å². The average molecular weight is 377 g/mol. The molecule has 2 N–H and O–H groups in total. The Morgan fingerprint density at radius 3 is 2.30 bits per heavy atom. The van der Waals surface area contributed by atoms with Crippen LogP contribution in [-0.2, 0) is 16.9 Å². The summed E-state index contributed by atoms with van der Waals surface area (Å²) in [6.07, 6.45) is 0. The van der Waals surface area contributed by atoms with Crippen molar-refractivity contribution in [3.8, 4) is 0 Å². The topological polar surface area (TPSA) is 46.3 Å². The Balaban J connectivity index is 1.88. The number of fused-ring (bicyclic) bond motifs is 1. The molecule has 0 spiro atoms. The molecule has 27 heavy (non-hydrogen) atoms. The largest absolute Gasteiger partial charge is 0.310 e. The quantitative estimate of drug-likeness (QED) is 0.719. The summed E-state index contributed by atoms with van der Waals surface area (Å²) in [5, 5.41) is 0.572. The zero-order valence-electron chi connectivity index (χ0n) is 15.4. The summed E-state index contributed by atoms with van der Waals surface area (Å²) in [5.41, 5.74) is 11.2. The Morgan fingerprint density at radius 2 is 1.63 bits per heavy atom. The Labute approximate surface area is 164 Å². The number of halogens is 1. The molecule has 3 nitrogen and oxygen atoms in total. The molecule has 1 atom stereocenters. The minimum Gasteiger partial charge on any atom is -0.310 e. The number of hydrogen-bond acceptors (Lipinski definition) is 2. The van der Waals surface area contributed by atoms with Crippen molar-refractivity contribution in [3.05, 3.63) is 99.6 Å². The molecular weight excluding hydrogens is 356 g/mol. The van der Waals surface area contributed by atoms with Gasteiger partial charge >= 0.3 is 0 Å². The van der Waals surface area contributed by atoms with Crippen molar-refractivity contribution in [3.63, 3.8) is 0 Å². The molecule has 0 radical (unpaired) electrons. The predicted octanol–water partition coefficient (Wildman–Crippen LogP) is 4.71. The molecule has 3 aromatic carbocycles. The molecule has 1 heterocycles. The van der Waals surface area contributed by atoms with Gasteiger partial charge in [0, 0.05) is 10.6 Å². The number of rotatable bonds is 3. The van der Waals surface area contributed by atoms with Crippen LogP contribution in [0.2, 0.25) is 5.02 Å². The maximum atomic E-state index is 13.6. The lowest BCUT2D eigenvalue weighted by molar-refractivity contribution is -0.121. The number of hydrogen-bond donors (Lipinski definition) is 1. The van der Waals surface area contributed by atoms with Crippen molar-refractivity contribution in [1.82, 2.24) is 0 Å². The maximum Gasteiger partial charge on any atom is 0.256 e. The fourth-order valence-electron chi connectivity index (χ4n) is 3.90. The van der Waals surface area contributed by atoms with Crippen molar-refractivity contribution in [2.45, 2.75) is 25.9 Å². The molecule has 1 amide bonds. The van der Waals surface area contributed by atoms with Gasteiger partial charge in [0.2, 0.25) is 0 Å². The van der Waals surface area contributed by atoms with E-state index in [1.165, 1.54) is 0 Å². The normalized spacial score (nSPS) is 18.7. The molecule has 1 aliphatic rings. The maximum absolute atomic E-state index is 13.6. The van der Waals surface area contributed by atoms with E-state index in [1.54, 1.807) is 11.0 Å². The summed E-state index contributed by atoms with van der Waals surface area (Å²) in [6.45, 7) is 4.50. The second-order valence-electron chi connectivity index (χ2n) is 7.22. The predicted molar refractivity (Wildman–Crippen MR) is 110 cm³/mol. The molecule has 1 aliphatic heterocycles. The van der Waals surface area contributed by atoms with E-state index in [0.29, 0.717) is 11.6 Å². The first-order chi connectivity index (χ1) is 12.9. The smallest absolute Gasteiger partial charge is 0.256 e. The fourth-order valence-corrected chi connectivity index (χ4v) is 4.07. The summed E-state index contributed by atoms with van der Waals surface area (Å²) in [6, 6.07) is 21.5. The number of amides is 1. The number of anilines is 1. The standard InChI is InChI=1S/C23H21ClN2O/c1-15-10-16(2)12-18(11-15)23(25)20-13-19(24)8-9-21(20)26(22(23)27)14-17-6-4-3-5-7-17/h3-13H,14,25H2,1-2H3/t23-/m0/s1. The SMILES string of the molecule is Cc1cc(C)cc([C@@]2(N)C(=O)N(Cc3ccccc3)c3ccc(Cl)cc32)c1. The van der Waals surface area contributed by atoms with E-state index in [0.717, 1.165) is 33.5 Å². The van der Waals surface area contributed by atoms with Gasteiger partial charge in [-0.2, -0.15) is 0 Å². The van der Waals surface area contributed by atoms with Gasteiger partial charge in [0.05, 0.1) is 12.2 Å². The van der Waals surface area contributed by atoms with Crippen LogP contribution in [0.15, 0.2) is 66.7 Å². The van der Waals surface area contributed by atoms with Gasteiger partial charge in [0.15, 0.2) is 0 Å². The van der Waals surface area contributed by atoms with Crippen LogP contribution in [0.3, 0.4) is 0 Å². The minimum absolute atomic E-state index is 0.131. The third-order valence-electron chi connectivity index (χ3n) is 5.12. The van der Waals surface area contributed by atoms with Gasteiger partial charge in [0.25, 0.3) is 5.91 Å². The molecule has 0 fully saturated rings. The van der Waals surface area contributed by atoms with E-state index in [2.05, 4.69) is 6.07 Å². The molecule has 0 unspecified atom stereocenters. The lowest BCUT2D eigenvalue weighted by Crippen LogP contribution is -2.48. The zero-order valence-corrected chi connectivity index (χ0v) is 16.1. The van der Waals surface area contributed by atoms with Gasteiger partial charge in [-0.25, -0.2) is 0 Å². The summed E-state index contributed by atoms with van der Waals surface area (Å²) >= 11 is 6.27. The molecule has 0 saturated carbocycles. The van der Waals surface area contributed by atoms with Gasteiger partial charge in [-0.3, -0.25) is 4.79 Å². The van der Waals surface area contributed by atoms with Gasteiger partial charge in [-0.05, 0) is 43.2 Å². The molecule has 0 bridgehead atoms. The first-order valence-electron chi connectivity index (χ1n) is 8.93. The molecule has 0 aromatic heterocycles. The Morgan fingerprint density at radius 1 is 0.963 bits per heavy atom. The number of nitrogens with two attached hydrogens (primary N) is 1. The van der Waals surface area contributed by atoms with Gasteiger partial charge in [0.1, 0.15) is 5.54 Å². The van der Waals surface area contributed by atoms with Gasteiger partial charge in [-0.15, -0.1) is 0 Å². The number of carbonyl (C=O) groups is 1. The van der Waals surface area contributed by atoms with Crippen LogP contribution >= 0.6 is 11.6 Å². The van der Waals surface area contributed by atoms with Gasteiger partial charge in [-0.1, -0.05) is 71.3 Å². The lowest BCUT2D eigenvalue weighted by atomic mass is 9.83. The highest BCUT2D eigenvalue weighted by molar-refractivity contribution is 6.31. The molecule has 0 aliphatic carbocycles. The molecule has 3 aromatic rings. The molecule has 4 heteroatoms. The second kappa shape index (κ2) is 6.52. The lowest BCUT2D eigenvalue weighted by Gasteiger charge is -2.26. The van der Waals surface area contributed by atoms with Crippen molar-refractivity contribution in [1.29, 1.82) is 0 Å². The van der Waals surface area contributed by atoms with Crippen LogP contribution in [0, 0.1) is 13.8 Å². The third-order valence-corrected chi connectivity index (χ3v) is 5.35. The Kier molecular flexibility index (Phi) is 4.29. The van der Waals surface area contributed by atoms with E-state index in [-0.39, 0.29) is 5.91 Å². The first-order valence-corrected chi connectivity index (χ1v) is 9.31. The Hall–Kier alpha value is -2.62. The van der Waals surface area contributed by atoms with Gasteiger partial charge < -0.3 is 10.6 Å². The van der Waals surface area contributed by atoms with Crippen molar-refractivity contribution in [2.75, 3.05) is 4.90 Å².